The van der Waals surface area contributed by atoms with Crippen LogP contribution in [0.3, 0.4) is 0 Å². The molecule has 7 heteroatoms. The zero-order valence-corrected chi connectivity index (χ0v) is 16.8. The van der Waals surface area contributed by atoms with Crippen LogP contribution in [-0.2, 0) is 19.7 Å². The molecule has 0 radical (unpaired) electrons. The molecular formula is C20H18BrN3O3. The van der Waals surface area contributed by atoms with E-state index >= 15 is 0 Å². The number of anilines is 1. The molecule has 0 fully saturated rings. The third-order valence-electron chi connectivity index (χ3n) is 5.53. The summed E-state index contributed by atoms with van der Waals surface area (Å²) in [5.41, 5.74) is 5.69. The smallest absolute Gasteiger partial charge is 0.247 e. The van der Waals surface area contributed by atoms with E-state index in [2.05, 4.69) is 22.0 Å². The average molecular weight is 428 g/mol. The highest BCUT2D eigenvalue weighted by atomic mass is 79.9. The number of rotatable bonds is 0. The molecule has 4 rings (SSSR count). The molecular weight excluding hydrogens is 410 g/mol. The molecule has 1 amide bonds. The maximum Gasteiger partial charge on any atom is 0.247 e. The van der Waals surface area contributed by atoms with Crippen LogP contribution in [0.4, 0.5) is 5.69 Å². The Bertz CT molecular complexity index is 1030. The summed E-state index contributed by atoms with van der Waals surface area (Å²) in [5.74, 6) is -0.270. The molecule has 0 bridgehead atoms. The van der Waals surface area contributed by atoms with Crippen molar-refractivity contribution in [2.24, 2.45) is 11.1 Å². The van der Waals surface area contributed by atoms with Gasteiger partial charge in [0.1, 0.15) is 22.8 Å². The lowest BCUT2D eigenvalue weighted by molar-refractivity contribution is -0.125. The molecule has 0 unspecified atom stereocenters. The highest BCUT2D eigenvalue weighted by Crippen LogP contribution is 2.57. The van der Waals surface area contributed by atoms with Gasteiger partial charge in [-0.1, -0.05) is 29.8 Å². The normalized spacial score (nSPS) is 26.1. The van der Waals surface area contributed by atoms with Crippen LogP contribution in [0.2, 0.25) is 0 Å². The molecule has 2 N–H and O–H groups in total. The van der Waals surface area contributed by atoms with Gasteiger partial charge in [0.15, 0.2) is 5.78 Å². The van der Waals surface area contributed by atoms with E-state index in [-0.39, 0.29) is 40.6 Å². The second-order valence-electron chi connectivity index (χ2n) is 7.97. The number of amides is 1. The fourth-order valence-electron chi connectivity index (χ4n) is 4.46. The fraction of sp³-hybridized carbons (Fsp3) is 0.350. The number of likely N-dealkylation sites (N-methyl/N-ethyl adjacent to an activating group) is 1. The van der Waals surface area contributed by atoms with E-state index in [4.69, 9.17) is 10.5 Å². The van der Waals surface area contributed by atoms with E-state index in [1.54, 1.807) is 19.2 Å². The number of Topliss-reactive ketones (excluding diaryl/α,β-unsaturated/α-hetero) is 1. The number of benzene rings is 1. The summed E-state index contributed by atoms with van der Waals surface area (Å²) in [4.78, 5) is 28.3. The number of carbonyl (C=O) groups excluding carboxylic acids is 2. The Kier molecular flexibility index (Phi) is 3.60. The van der Waals surface area contributed by atoms with Crippen molar-refractivity contribution in [1.29, 1.82) is 5.26 Å². The molecule has 1 atom stereocenters. The number of hydrogen-bond acceptors (Lipinski definition) is 5. The Hall–Kier alpha value is -2.59. The number of fused-ring (bicyclic) bond motifs is 3. The van der Waals surface area contributed by atoms with Crippen LogP contribution < -0.4 is 10.6 Å². The van der Waals surface area contributed by atoms with Crippen LogP contribution in [0.1, 0.15) is 32.3 Å². The number of allylic oxidation sites excluding steroid dienone is 1. The molecule has 0 saturated carbocycles. The second kappa shape index (κ2) is 5.46. The summed E-state index contributed by atoms with van der Waals surface area (Å²) in [6.07, 6.45) is 0.742. The van der Waals surface area contributed by atoms with Crippen LogP contribution in [0.25, 0.3) is 0 Å². The number of ether oxygens (including phenoxy) is 1. The summed E-state index contributed by atoms with van der Waals surface area (Å²) in [6.45, 7) is 3.94. The van der Waals surface area contributed by atoms with Crippen molar-refractivity contribution in [1.82, 2.24) is 0 Å². The third-order valence-corrected chi connectivity index (χ3v) is 6.02. The molecule has 2 heterocycles. The molecule has 6 nitrogen and oxygen atoms in total. The van der Waals surface area contributed by atoms with E-state index < -0.39 is 5.41 Å². The van der Waals surface area contributed by atoms with Gasteiger partial charge in [0.2, 0.25) is 11.8 Å². The van der Waals surface area contributed by atoms with Crippen molar-refractivity contribution >= 4 is 33.3 Å². The van der Waals surface area contributed by atoms with Gasteiger partial charge < -0.3 is 15.4 Å². The van der Waals surface area contributed by atoms with E-state index in [0.29, 0.717) is 23.4 Å². The van der Waals surface area contributed by atoms with Crippen LogP contribution in [0.15, 0.2) is 45.5 Å². The lowest BCUT2D eigenvalue weighted by Crippen LogP contribution is -2.49. The quantitative estimate of drug-likeness (QED) is 0.685. The van der Waals surface area contributed by atoms with Crippen molar-refractivity contribution in [2.45, 2.75) is 32.1 Å². The van der Waals surface area contributed by atoms with Gasteiger partial charge in [-0.25, -0.2) is 0 Å². The Morgan fingerprint density at radius 1 is 1.30 bits per heavy atom. The van der Waals surface area contributed by atoms with Crippen LogP contribution in [0.5, 0.6) is 0 Å². The molecule has 1 spiro atoms. The molecule has 1 aromatic rings. The molecule has 2 aliphatic heterocycles. The largest absolute Gasteiger partial charge is 0.444 e. The number of nitriles is 1. The predicted octanol–water partition coefficient (Wildman–Crippen LogP) is 3.03. The minimum absolute atomic E-state index is 0.0250. The lowest BCUT2D eigenvalue weighted by atomic mass is 9.62. The first-order valence-electron chi connectivity index (χ1n) is 8.56. The zero-order valence-electron chi connectivity index (χ0n) is 15.2. The number of nitrogens with zero attached hydrogens (tertiary/aromatic N) is 2. The fourth-order valence-corrected chi connectivity index (χ4v) is 4.82. The van der Waals surface area contributed by atoms with Crippen LogP contribution in [0, 0.1) is 16.7 Å². The molecule has 1 aromatic carbocycles. The summed E-state index contributed by atoms with van der Waals surface area (Å²) in [5, 5.41) is 9.88. The molecule has 3 aliphatic rings. The standard InChI is InChI=1S/C20H18BrN3O3/c1-19(2)7-14(25)16-15(8-19)27-17(23)12(9-22)20(16)11-6-10(21)4-5-13(11)24(3)18(20)26/h4-6H,7-8,23H2,1-3H3/t20-/m0/s1. The van der Waals surface area contributed by atoms with Gasteiger partial charge in [-0.2, -0.15) is 5.26 Å². The molecule has 0 aromatic heterocycles. The Morgan fingerprint density at radius 2 is 2.00 bits per heavy atom. The first-order valence-corrected chi connectivity index (χ1v) is 9.36. The summed E-state index contributed by atoms with van der Waals surface area (Å²) >= 11 is 3.44. The minimum atomic E-state index is -1.55. The predicted molar refractivity (Wildman–Crippen MR) is 102 cm³/mol. The molecule has 0 saturated heterocycles. The van der Waals surface area contributed by atoms with Gasteiger partial charge in [0.05, 0.1) is 5.57 Å². The highest BCUT2D eigenvalue weighted by Gasteiger charge is 2.62. The summed E-state index contributed by atoms with van der Waals surface area (Å²) in [6, 6.07) is 7.45. The highest BCUT2D eigenvalue weighted by molar-refractivity contribution is 9.10. The number of carbonyl (C=O) groups is 2. The maximum absolute atomic E-state index is 13.6. The molecule has 1 aliphatic carbocycles. The minimum Gasteiger partial charge on any atom is -0.444 e. The summed E-state index contributed by atoms with van der Waals surface area (Å²) in [7, 11) is 1.64. The Labute approximate surface area is 165 Å². The van der Waals surface area contributed by atoms with Gasteiger partial charge >= 0.3 is 0 Å². The van der Waals surface area contributed by atoms with E-state index in [9.17, 15) is 14.9 Å². The van der Waals surface area contributed by atoms with Crippen molar-refractivity contribution in [3.63, 3.8) is 0 Å². The third kappa shape index (κ3) is 2.16. The lowest BCUT2D eigenvalue weighted by Gasteiger charge is -2.41. The molecule has 27 heavy (non-hydrogen) atoms. The summed E-state index contributed by atoms with van der Waals surface area (Å²) < 4.78 is 6.47. The SMILES string of the molecule is CN1C(=O)[C@]2(C(C#N)=C(N)OC3=C2C(=O)CC(C)(C)C3)c2cc(Br)ccc21. The van der Waals surface area contributed by atoms with Crippen LogP contribution >= 0.6 is 15.9 Å². The first kappa shape index (κ1) is 17.8. The van der Waals surface area contributed by atoms with Crippen molar-refractivity contribution in [3.05, 3.63) is 51.0 Å². The average Bonchev–Trinajstić information content (AvgIpc) is 2.76. The first-order chi connectivity index (χ1) is 12.6. The van der Waals surface area contributed by atoms with Gasteiger partial charge in [-0.3, -0.25) is 9.59 Å². The monoisotopic (exact) mass is 427 g/mol. The van der Waals surface area contributed by atoms with E-state index in [1.807, 2.05) is 19.9 Å². The van der Waals surface area contributed by atoms with E-state index in [0.717, 1.165) is 4.47 Å². The van der Waals surface area contributed by atoms with Crippen molar-refractivity contribution in [2.75, 3.05) is 11.9 Å². The van der Waals surface area contributed by atoms with Gasteiger partial charge in [-0.15, -0.1) is 0 Å². The van der Waals surface area contributed by atoms with Crippen LogP contribution in [-0.4, -0.2) is 18.7 Å². The number of ketones is 1. The Morgan fingerprint density at radius 3 is 2.67 bits per heavy atom. The maximum atomic E-state index is 13.6. The zero-order chi connectivity index (χ0) is 19.7. The van der Waals surface area contributed by atoms with E-state index in [1.165, 1.54) is 4.90 Å². The Balaban J connectivity index is 2.13. The number of hydrogen-bond donors (Lipinski definition) is 1. The molecule has 138 valence electrons. The van der Waals surface area contributed by atoms with Gasteiger partial charge in [-0.05, 0) is 23.6 Å². The van der Waals surface area contributed by atoms with Gasteiger partial charge in [0.25, 0.3) is 0 Å². The van der Waals surface area contributed by atoms with Crippen molar-refractivity contribution < 1.29 is 14.3 Å². The van der Waals surface area contributed by atoms with Gasteiger partial charge in [0, 0.05) is 35.6 Å². The second-order valence-corrected chi connectivity index (χ2v) is 8.88. The number of halogens is 1. The van der Waals surface area contributed by atoms with Crippen molar-refractivity contribution in [3.8, 4) is 6.07 Å². The topological polar surface area (TPSA) is 96.4 Å². The number of nitrogens with two attached hydrogens (primary N) is 1.